The highest BCUT2D eigenvalue weighted by Crippen LogP contribution is 2.15. The highest BCUT2D eigenvalue weighted by molar-refractivity contribution is 5.99. The number of nitrogens with zero attached hydrogens (tertiary/aromatic N) is 3. The Bertz CT molecular complexity index is 468. The van der Waals surface area contributed by atoms with Crippen LogP contribution < -0.4 is 0 Å². The first-order chi connectivity index (χ1) is 8.51. The van der Waals surface area contributed by atoms with Gasteiger partial charge in [-0.05, 0) is 33.9 Å². The molecular formula is C14H21N3O. The van der Waals surface area contributed by atoms with Gasteiger partial charge in [0.15, 0.2) is 5.78 Å². The minimum atomic E-state index is 0.128. The zero-order chi connectivity index (χ0) is 13.7. The Kier molecular flexibility index (Phi) is 5.11. The van der Waals surface area contributed by atoms with Crippen LogP contribution in [0.5, 0.6) is 0 Å². The molecule has 0 amide bonds. The Balaban J connectivity index is 2.76. The van der Waals surface area contributed by atoms with Gasteiger partial charge in [0.1, 0.15) is 0 Å². The van der Waals surface area contributed by atoms with E-state index in [1.54, 1.807) is 0 Å². The minimum Gasteiger partial charge on any atom is -0.349 e. The fraction of sp³-hybridized carbons (Fsp3) is 0.571. The maximum atomic E-state index is 12.2. The lowest BCUT2D eigenvalue weighted by Gasteiger charge is -2.13. The first-order valence-corrected chi connectivity index (χ1v) is 6.26. The minimum absolute atomic E-state index is 0.128. The van der Waals surface area contributed by atoms with Crippen LogP contribution in [0.15, 0.2) is 6.07 Å². The molecule has 0 spiro atoms. The third-order valence-corrected chi connectivity index (χ3v) is 3.21. The maximum Gasteiger partial charge on any atom is 0.178 e. The van der Waals surface area contributed by atoms with Crippen molar-refractivity contribution in [2.24, 2.45) is 0 Å². The van der Waals surface area contributed by atoms with E-state index in [9.17, 15) is 4.79 Å². The van der Waals surface area contributed by atoms with Crippen LogP contribution in [0.25, 0.3) is 0 Å². The fourth-order valence-electron chi connectivity index (χ4n) is 2.22. The van der Waals surface area contributed by atoms with Crippen LogP contribution in [0.3, 0.4) is 0 Å². The standard InChI is InChI=1S/C14H21N3O/c1-5-17-11(2)9-13(12(17)3)14(18)10-16(4)8-6-7-15/h9H,5-6,8,10H2,1-4H3. The molecular weight excluding hydrogens is 226 g/mol. The second-order valence-corrected chi connectivity index (χ2v) is 4.60. The number of rotatable bonds is 6. The van der Waals surface area contributed by atoms with E-state index in [4.69, 9.17) is 5.26 Å². The van der Waals surface area contributed by atoms with E-state index in [2.05, 4.69) is 17.6 Å². The first-order valence-electron chi connectivity index (χ1n) is 6.26. The molecule has 4 nitrogen and oxygen atoms in total. The lowest BCUT2D eigenvalue weighted by Crippen LogP contribution is -2.27. The number of hydrogen-bond donors (Lipinski definition) is 0. The van der Waals surface area contributed by atoms with E-state index in [1.807, 2.05) is 31.9 Å². The molecule has 18 heavy (non-hydrogen) atoms. The molecule has 0 N–H and O–H groups in total. The van der Waals surface area contributed by atoms with E-state index >= 15 is 0 Å². The summed E-state index contributed by atoms with van der Waals surface area (Å²) in [4.78, 5) is 14.1. The van der Waals surface area contributed by atoms with Crippen molar-refractivity contribution < 1.29 is 4.79 Å². The van der Waals surface area contributed by atoms with Crippen LogP contribution in [0, 0.1) is 25.2 Å². The Hall–Kier alpha value is -1.60. The summed E-state index contributed by atoms with van der Waals surface area (Å²) in [6, 6.07) is 4.05. The van der Waals surface area contributed by atoms with Crippen LogP contribution in [-0.2, 0) is 6.54 Å². The summed E-state index contributed by atoms with van der Waals surface area (Å²) in [5, 5.41) is 8.52. The molecule has 0 saturated carbocycles. The Morgan fingerprint density at radius 3 is 2.67 bits per heavy atom. The van der Waals surface area contributed by atoms with Gasteiger partial charge in [-0.25, -0.2) is 0 Å². The molecule has 1 aromatic rings. The molecule has 0 aliphatic heterocycles. The van der Waals surface area contributed by atoms with E-state index in [1.165, 1.54) is 0 Å². The number of aromatic nitrogens is 1. The Morgan fingerprint density at radius 1 is 1.50 bits per heavy atom. The van der Waals surface area contributed by atoms with Gasteiger partial charge in [-0.15, -0.1) is 0 Å². The molecule has 98 valence electrons. The topological polar surface area (TPSA) is 49.0 Å². The van der Waals surface area contributed by atoms with E-state index < -0.39 is 0 Å². The van der Waals surface area contributed by atoms with Gasteiger partial charge in [-0.2, -0.15) is 5.26 Å². The van der Waals surface area contributed by atoms with Crippen molar-refractivity contribution in [1.82, 2.24) is 9.47 Å². The third-order valence-electron chi connectivity index (χ3n) is 3.21. The van der Waals surface area contributed by atoms with Gasteiger partial charge in [0.2, 0.25) is 0 Å². The smallest absolute Gasteiger partial charge is 0.178 e. The Morgan fingerprint density at radius 2 is 2.17 bits per heavy atom. The van der Waals surface area contributed by atoms with Crippen LogP contribution in [-0.4, -0.2) is 35.4 Å². The van der Waals surface area contributed by atoms with Crippen molar-refractivity contribution >= 4 is 5.78 Å². The molecule has 0 aromatic carbocycles. The largest absolute Gasteiger partial charge is 0.349 e. The monoisotopic (exact) mass is 247 g/mol. The summed E-state index contributed by atoms with van der Waals surface area (Å²) in [6.07, 6.45) is 0.456. The third kappa shape index (κ3) is 3.21. The molecule has 0 fully saturated rings. The van der Waals surface area contributed by atoms with Crippen molar-refractivity contribution in [1.29, 1.82) is 5.26 Å². The number of ketones is 1. The summed E-state index contributed by atoms with van der Waals surface area (Å²) in [5.41, 5.74) is 2.96. The second kappa shape index (κ2) is 6.36. The van der Waals surface area contributed by atoms with Gasteiger partial charge >= 0.3 is 0 Å². The van der Waals surface area contributed by atoms with Crippen LogP contribution in [0.1, 0.15) is 35.1 Å². The number of likely N-dealkylation sites (N-methyl/N-ethyl adjacent to an activating group) is 1. The number of carbonyl (C=O) groups excluding carboxylic acids is 1. The summed E-state index contributed by atoms with van der Waals surface area (Å²) >= 11 is 0. The van der Waals surface area contributed by atoms with Gasteiger partial charge in [-0.3, -0.25) is 9.69 Å². The molecule has 0 atom stereocenters. The second-order valence-electron chi connectivity index (χ2n) is 4.60. The van der Waals surface area contributed by atoms with Crippen molar-refractivity contribution in [3.8, 4) is 6.07 Å². The van der Waals surface area contributed by atoms with E-state index in [0.717, 1.165) is 23.5 Å². The SMILES string of the molecule is CCn1c(C)cc(C(=O)CN(C)CCC#N)c1C. The molecule has 0 aliphatic rings. The zero-order valence-corrected chi connectivity index (χ0v) is 11.7. The molecule has 1 rings (SSSR count). The summed E-state index contributed by atoms with van der Waals surface area (Å²) in [7, 11) is 1.87. The normalized spacial score (nSPS) is 10.7. The van der Waals surface area contributed by atoms with Gasteiger partial charge in [0.25, 0.3) is 0 Å². The zero-order valence-electron chi connectivity index (χ0n) is 11.7. The molecule has 4 heteroatoms. The summed E-state index contributed by atoms with van der Waals surface area (Å²) in [5.74, 6) is 0.128. The predicted octanol–water partition coefficient (Wildman–Crippen LogP) is 2.15. The molecule has 0 unspecified atom stereocenters. The van der Waals surface area contributed by atoms with Crippen molar-refractivity contribution in [2.45, 2.75) is 33.7 Å². The van der Waals surface area contributed by atoms with E-state index in [-0.39, 0.29) is 5.78 Å². The molecule has 1 aromatic heterocycles. The molecule has 0 aliphatic carbocycles. The van der Waals surface area contributed by atoms with Crippen LogP contribution >= 0.6 is 0 Å². The van der Waals surface area contributed by atoms with Crippen LogP contribution in [0.2, 0.25) is 0 Å². The van der Waals surface area contributed by atoms with Gasteiger partial charge in [-0.1, -0.05) is 0 Å². The number of hydrogen-bond acceptors (Lipinski definition) is 3. The van der Waals surface area contributed by atoms with Crippen LogP contribution in [0.4, 0.5) is 0 Å². The lowest BCUT2D eigenvalue weighted by atomic mass is 10.1. The fourth-order valence-corrected chi connectivity index (χ4v) is 2.22. The average Bonchev–Trinajstić information content (AvgIpc) is 2.61. The number of aryl methyl sites for hydroxylation is 1. The summed E-state index contributed by atoms with van der Waals surface area (Å²) < 4.78 is 2.14. The van der Waals surface area contributed by atoms with Crippen molar-refractivity contribution in [2.75, 3.05) is 20.1 Å². The first kappa shape index (κ1) is 14.5. The maximum absolute atomic E-state index is 12.2. The summed E-state index contributed by atoms with van der Waals surface area (Å²) in [6.45, 7) is 7.97. The molecule has 1 heterocycles. The predicted molar refractivity (Wildman–Crippen MR) is 71.6 cm³/mol. The van der Waals surface area contributed by atoms with E-state index in [0.29, 0.717) is 19.5 Å². The lowest BCUT2D eigenvalue weighted by molar-refractivity contribution is 0.0946. The van der Waals surface area contributed by atoms with Gasteiger partial charge < -0.3 is 4.57 Å². The average molecular weight is 247 g/mol. The quantitative estimate of drug-likeness (QED) is 0.724. The molecule has 0 radical (unpaired) electrons. The number of carbonyl (C=O) groups is 1. The Labute approximate surface area is 109 Å². The van der Waals surface area contributed by atoms with Gasteiger partial charge in [0.05, 0.1) is 12.6 Å². The van der Waals surface area contributed by atoms with Crippen molar-refractivity contribution in [3.63, 3.8) is 0 Å². The highest BCUT2D eigenvalue weighted by atomic mass is 16.1. The molecule has 0 bridgehead atoms. The number of nitriles is 1. The van der Waals surface area contributed by atoms with Gasteiger partial charge in [0, 0.05) is 36.5 Å². The number of Topliss-reactive ketones (excluding diaryl/α,β-unsaturated/α-hetero) is 1. The highest BCUT2D eigenvalue weighted by Gasteiger charge is 2.16. The molecule has 0 saturated heterocycles. The van der Waals surface area contributed by atoms with Crippen molar-refractivity contribution in [3.05, 3.63) is 23.0 Å².